The molecule has 0 spiro atoms. The molecule has 0 radical (unpaired) electrons. The van der Waals surface area contributed by atoms with E-state index < -0.39 is 15.8 Å². The van der Waals surface area contributed by atoms with E-state index in [-0.39, 0.29) is 22.0 Å². The average molecular weight is 453 g/mol. The van der Waals surface area contributed by atoms with Crippen molar-refractivity contribution in [3.8, 4) is 21.8 Å². The fourth-order valence-corrected chi connectivity index (χ4v) is 5.51. The second kappa shape index (κ2) is 7.97. The van der Waals surface area contributed by atoms with E-state index >= 15 is 4.39 Å². The van der Waals surface area contributed by atoms with Crippen LogP contribution in [0.2, 0.25) is 5.02 Å². The molecule has 1 fully saturated rings. The van der Waals surface area contributed by atoms with E-state index in [4.69, 9.17) is 11.6 Å². The summed E-state index contributed by atoms with van der Waals surface area (Å²) in [6.07, 6.45) is 5.56. The maximum Gasteiger partial charge on any atom is 0.232 e. The smallest absolute Gasteiger partial charge is 0.232 e. The van der Waals surface area contributed by atoms with Gasteiger partial charge in [0.25, 0.3) is 0 Å². The van der Waals surface area contributed by atoms with E-state index in [1.54, 1.807) is 19.2 Å². The summed E-state index contributed by atoms with van der Waals surface area (Å²) in [6.45, 7) is 1.74. The minimum Gasteiger partial charge on any atom is -0.280 e. The van der Waals surface area contributed by atoms with Gasteiger partial charge in [0.05, 0.1) is 32.7 Å². The molecule has 29 heavy (non-hydrogen) atoms. The maximum absolute atomic E-state index is 15.4. The standard InChI is InChI=1S/C19H18ClFN4O2S2/c1-2-7-29(26,27)25-15-9-12(20)8-13(16(15)21)17-18(14-5-6-22-10-23-14)28-19(24-17)11-3-4-11/h5-6,8-11,25H,2-4,7H2,1H3. The third-order valence-electron chi connectivity index (χ3n) is 4.42. The van der Waals surface area contributed by atoms with E-state index in [0.717, 1.165) is 17.8 Å². The molecular formula is C19H18ClFN4O2S2. The molecule has 2 aromatic heterocycles. The molecule has 2 heterocycles. The predicted octanol–water partition coefficient (Wildman–Crippen LogP) is 5.09. The summed E-state index contributed by atoms with van der Waals surface area (Å²) in [4.78, 5) is 13.6. The van der Waals surface area contributed by atoms with Crippen LogP contribution in [0.1, 0.15) is 37.1 Å². The number of thiazole rings is 1. The van der Waals surface area contributed by atoms with Crippen LogP contribution in [0.4, 0.5) is 10.1 Å². The van der Waals surface area contributed by atoms with Gasteiger partial charge in [0.1, 0.15) is 6.33 Å². The van der Waals surface area contributed by atoms with Crippen molar-refractivity contribution in [3.05, 3.63) is 46.6 Å². The molecule has 0 aliphatic heterocycles. The lowest BCUT2D eigenvalue weighted by Crippen LogP contribution is -2.17. The van der Waals surface area contributed by atoms with Crippen LogP contribution in [0.25, 0.3) is 21.8 Å². The van der Waals surface area contributed by atoms with Gasteiger partial charge < -0.3 is 0 Å². The van der Waals surface area contributed by atoms with Crippen molar-refractivity contribution < 1.29 is 12.8 Å². The number of hydrogen-bond donors (Lipinski definition) is 1. The van der Waals surface area contributed by atoms with Crippen LogP contribution in [0.15, 0.2) is 30.7 Å². The summed E-state index contributed by atoms with van der Waals surface area (Å²) in [5.74, 6) is -0.445. The Labute approximate surface area is 177 Å². The van der Waals surface area contributed by atoms with Gasteiger partial charge in [-0.3, -0.25) is 4.72 Å². The van der Waals surface area contributed by atoms with Crippen LogP contribution in [-0.4, -0.2) is 29.1 Å². The Hall–Kier alpha value is -2.10. The third-order valence-corrected chi connectivity index (χ3v) is 7.35. The largest absolute Gasteiger partial charge is 0.280 e. The quantitative estimate of drug-likeness (QED) is 0.539. The fraction of sp³-hybridized carbons (Fsp3) is 0.316. The van der Waals surface area contributed by atoms with Crippen LogP contribution in [-0.2, 0) is 10.0 Å². The van der Waals surface area contributed by atoms with Crippen molar-refractivity contribution >= 4 is 38.6 Å². The van der Waals surface area contributed by atoms with Crippen LogP contribution in [0.5, 0.6) is 0 Å². The third kappa shape index (κ3) is 4.41. The first kappa shape index (κ1) is 20.2. The monoisotopic (exact) mass is 452 g/mol. The van der Waals surface area contributed by atoms with Crippen molar-refractivity contribution in [2.24, 2.45) is 0 Å². The second-order valence-electron chi connectivity index (χ2n) is 6.83. The molecule has 0 amide bonds. The Balaban J connectivity index is 1.85. The normalized spacial score (nSPS) is 14.2. The van der Waals surface area contributed by atoms with E-state index in [1.807, 2.05) is 0 Å². The number of rotatable bonds is 7. The zero-order chi connectivity index (χ0) is 20.6. The summed E-state index contributed by atoms with van der Waals surface area (Å²) >= 11 is 7.68. The molecule has 1 aromatic carbocycles. The van der Waals surface area contributed by atoms with Gasteiger partial charge >= 0.3 is 0 Å². The van der Waals surface area contributed by atoms with Gasteiger partial charge in [-0.15, -0.1) is 11.3 Å². The number of halogens is 2. The van der Waals surface area contributed by atoms with Crippen molar-refractivity contribution in [3.63, 3.8) is 0 Å². The molecule has 10 heteroatoms. The van der Waals surface area contributed by atoms with Crippen LogP contribution in [0, 0.1) is 5.82 Å². The predicted molar refractivity (Wildman–Crippen MR) is 113 cm³/mol. The van der Waals surface area contributed by atoms with Crippen molar-refractivity contribution in [2.45, 2.75) is 32.1 Å². The number of nitrogens with one attached hydrogen (secondary N) is 1. The number of aromatic nitrogens is 3. The van der Waals surface area contributed by atoms with Crippen molar-refractivity contribution in [1.29, 1.82) is 0 Å². The average Bonchev–Trinajstić information content (AvgIpc) is 3.43. The minimum atomic E-state index is -3.67. The maximum atomic E-state index is 15.4. The number of anilines is 1. The summed E-state index contributed by atoms with van der Waals surface area (Å²) in [6, 6.07) is 4.47. The lowest BCUT2D eigenvalue weighted by Gasteiger charge is -2.12. The molecule has 1 aliphatic rings. The molecule has 1 saturated carbocycles. The molecule has 0 atom stereocenters. The zero-order valence-electron chi connectivity index (χ0n) is 15.5. The topological polar surface area (TPSA) is 84.8 Å². The van der Waals surface area contributed by atoms with E-state index in [0.29, 0.717) is 28.6 Å². The Morgan fingerprint density at radius 2 is 2.14 bits per heavy atom. The lowest BCUT2D eigenvalue weighted by atomic mass is 10.1. The molecule has 1 aliphatic carbocycles. The van der Waals surface area contributed by atoms with E-state index in [2.05, 4.69) is 19.7 Å². The number of benzene rings is 1. The SMILES string of the molecule is CCCS(=O)(=O)Nc1cc(Cl)cc(-c2nc(C3CC3)sc2-c2ccncn2)c1F. The fourth-order valence-electron chi connectivity index (χ4n) is 2.95. The second-order valence-corrected chi connectivity index (χ2v) is 10.1. The molecule has 0 saturated heterocycles. The van der Waals surface area contributed by atoms with Gasteiger partial charge in [-0.25, -0.2) is 27.8 Å². The van der Waals surface area contributed by atoms with Crippen molar-refractivity contribution in [1.82, 2.24) is 15.0 Å². The lowest BCUT2D eigenvalue weighted by molar-refractivity contribution is 0.597. The van der Waals surface area contributed by atoms with Gasteiger partial charge in [0.15, 0.2) is 5.82 Å². The minimum absolute atomic E-state index is 0.108. The van der Waals surface area contributed by atoms with Crippen LogP contribution >= 0.6 is 22.9 Å². The summed E-state index contributed by atoms with van der Waals surface area (Å²) < 4.78 is 42.0. The molecule has 3 aromatic rings. The Morgan fingerprint density at radius 3 is 2.79 bits per heavy atom. The van der Waals surface area contributed by atoms with Gasteiger partial charge in [-0.05, 0) is 37.5 Å². The number of sulfonamides is 1. The highest BCUT2D eigenvalue weighted by Gasteiger charge is 2.30. The van der Waals surface area contributed by atoms with Crippen LogP contribution in [0.3, 0.4) is 0 Å². The molecule has 0 unspecified atom stereocenters. The van der Waals surface area contributed by atoms with E-state index in [9.17, 15) is 8.42 Å². The molecule has 0 bridgehead atoms. The summed E-state index contributed by atoms with van der Waals surface area (Å²) in [5.41, 5.74) is 0.998. The molecule has 1 N–H and O–H groups in total. The van der Waals surface area contributed by atoms with Crippen molar-refractivity contribution in [2.75, 3.05) is 10.5 Å². The van der Waals surface area contributed by atoms with E-state index in [1.165, 1.54) is 29.8 Å². The molecular weight excluding hydrogens is 435 g/mol. The Morgan fingerprint density at radius 1 is 1.34 bits per heavy atom. The van der Waals surface area contributed by atoms with Crippen LogP contribution < -0.4 is 4.72 Å². The zero-order valence-corrected chi connectivity index (χ0v) is 17.9. The molecule has 6 nitrogen and oxygen atoms in total. The Bertz CT molecular complexity index is 1150. The summed E-state index contributed by atoms with van der Waals surface area (Å²) in [5, 5.41) is 1.13. The first-order chi connectivity index (χ1) is 13.9. The highest BCUT2D eigenvalue weighted by atomic mass is 35.5. The van der Waals surface area contributed by atoms with Gasteiger partial charge in [-0.1, -0.05) is 18.5 Å². The first-order valence-corrected chi connectivity index (χ1v) is 12.0. The highest BCUT2D eigenvalue weighted by Crippen LogP contribution is 2.47. The number of hydrogen-bond acceptors (Lipinski definition) is 6. The van der Waals surface area contributed by atoms with Gasteiger partial charge in [0.2, 0.25) is 10.0 Å². The molecule has 4 rings (SSSR count). The highest BCUT2D eigenvalue weighted by molar-refractivity contribution is 7.92. The Kier molecular flexibility index (Phi) is 5.54. The van der Waals surface area contributed by atoms with Gasteiger partial charge in [-0.2, -0.15) is 0 Å². The number of nitrogens with zero attached hydrogens (tertiary/aromatic N) is 3. The molecule has 152 valence electrons. The summed E-state index contributed by atoms with van der Waals surface area (Å²) in [7, 11) is -3.67. The van der Waals surface area contributed by atoms with Gasteiger partial charge in [0, 0.05) is 22.7 Å². The first-order valence-electron chi connectivity index (χ1n) is 9.15.